The van der Waals surface area contributed by atoms with Crippen LogP contribution in [0.15, 0.2) is 24.3 Å². The van der Waals surface area contributed by atoms with E-state index >= 15 is 0 Å². The summed E-state index contributed by atoms with van der Waals surface area (Å²) in [6.45, 7) is 2.66. The van der Waals surface area contributed by atoms with E-state index in [0.717, 1.165) is 19.3 Å². The van der Waals surface area contributed by atoms with Crippen LogP contribution >= 0.6 is 11.6 Å². The molecule has 0 bridgehead atoms. The third kappa shape index (κ3) is 5.23. The molecule has 0 aliphatic carbocycles. The number of esters is 1. The van der Waals surface area contributed by atoms with Gasteiger partial charge in [0.25, 0.3) is 11.8 Å². The van der Waals surface area contributed by atoms with Crippen molar-refractivity contribution in [2.45, 2.75) is 32.3 Å². The molecule has 1 aliphatic heterocycles. The maximum Gasteiger partial charge on any atom is 0.326 e. The number of piperidine rings is 1. The van der Waals surface area contributed by atoms with Gasteiger partial charge in [-0.2, -0.15) is 0 Å². The highest BCUT2D eigenvalue weighted by Gasteiger charge is 2.25. The highest BCUT2D eigenvalue weighted by Crippen LogP contribution is 2.11. The number of carbonyl (C=O) groups excluding carboxylic acids is 3. The fourth-order valence-corrected chi connectivity index (χ4v) is 2.64. The van der Waals surface area contributed by atoms with Gasteiger partial charge in [0.2, 0.25) is 0 Å². The minimum Gasteiger partial charge on any atom is -0.451 e. The molecule has 6 nitrogen and oxygen atoms in total. The number of likely N-dealkylation sites (tertiary alicyclic amines) is 1. The lowest BCUT2D eigenvalue weighted by Crippen LogP contribution is -2.43. The van der Waals surface area contributed by atoms with Crippen molar-refractivity contribution in [2.24, 2.45) is 0 Å². The Labute approximate surface area is 146 Å². The maximum absolute atomic E-state index is 12.2. The number of carbonyl (C=O) groups is 3. The summed E-state index contributed by atoms with van der Waals surface area (Å²) in [7, 11) is 0. The van der Waals surface area contributed by atoms with Crippen LogP contribution in [0, 0.1) is 0 Å². The van der Waals surface area contributed by atoms with Crippen LogP contribution in [0.5, 0.6) is 0 Å². The second-order valence-corrected chi connectivity index (χ2v) is 6.14. The number of hydrogen-bond acceptors (Lipinski definition) is 4. The zero-order valence-corrected chi connectivity index (χ0v) is 14.3. The van der Waals surface area contributed by atoms with Crippen LogP contribution in [-0.2, 0) is 14.3 Å². The van der Waals surface area contributed by atoms with Gasteiger partial charge in [-0.3, -0.25) is 14.4 Å². The summed E-state index contributed by atoms with van der Waals surface area (Å²) in [5.74, 6) is -1.24. The fraction of sp³-hybridized carbons (Fsp3) is 0.471. The largest absolute Gasteiger partial charge is 0.451 e. The Morgan fingerprint density at radius 3 is 2.42 bits per heavy atom. The first-order chi connectivity index (χ1) is 11.5. The first-order valence-electron chi connectivity index (χ1n) is 7.99. The summed E-state index contributed by atoms with van der Waals surface area (Å²) in [4.78, 5) is 37.6. The molecule has 2 amide bonds. The van der Waals surface area contributed by atoms with Crippen LogP contribution < -0.4 is 5.32 Å². The Balaban J connectivity index is 1.76. The van der Waals surface area contributed by atoms with Gasteiger partial charge >= 0.3 is 5.97 Å². The van der Waals surface area contributed by atoms with Gasteiger partial charge in [0.1, 0.15) is 6.54 Å². The van der Waals surface area contributed by atoms with E-state index in [0.29, 0.717) is 23.7 Å². The molecule has 0 radical (unpaired) electrons. The van der Waals surface area contributed by atoms with E-state index in [4.69, 9.17) is 16.3 Å². The Morgan fingerprint density at radius 1 is 1.17 bits per heavy atom. The number of amides is 2. The SMILES string of the molecule is C[C@@H](OC(=O)CNC(=O)c1ccc(Cl)cc1)C(=O)N1CCCCC1. The van der Waals surface area contributed by atoms with Gasteiger partial charge in [0, 0.05) is 23.7 Å². The quantitative estimate of drug-likeness (QED) is 0.822. The lowest BCUT2D eigenvalue weighted by atomic mass is 10.1. The second kappa shape index (κ2) is 8.68. The van der Waals surface area contributed by atoms with Crippen molar-refractivity contribution >= 4 is 29.4 Å². The molecule has 0 aromatic heterocycles. The molecule has 1 N–H and O–H groups in total. The molecule has 24 heavy (non-hydrogen) atoms. The minimum atomic E-state index is -0.844. The van der Waals surface area contributed by atoms with Gasteiger partial charge < -0.3 is 15.0 Å². The average Bonchev–Trinajstić information content (AvgIpc) is 2.60. The van der Waals surface area contributed by atoms with Gasteiger partial charge in [-0.05, 0) is 50.5 Å². The first-order valence-corrected chi connectivity index (χ1v) is 8.37. The monoisotopic (exact) mass is 352 g/mol. The predicted octanol–water partition coefficient (Wildman–Crippen LogP) is 2.01. The van der Waals surface area contributed by atoms with Crippen molar-refractivity contribution in [1.29, 1.82) is 0 Å². The molecule has 7 heteroatoms. The molecule has 1 aromatic rings. The molecule has 0 unspecified atom stereocenters. The average molecular weight is 353 g/mol. The lowest BCUT2D eigenvalue weighted by Gasteiger charge is -2.28. The number of nitrogens with one attached hydrogen (secondary N) is 1. The van der Waals surface area contributed by atoms with E-state index in [1.165, 1.54) is 0 Å². The van der Waals surface area contributed by atoms with Crippen LogP contribution in [0.1, 0.15) is 36.5 Å². The van der Waals surface area contributed by atoms with Crippen molar-refractivity contribution in [3.8, 4) is 0 Å². The number of rotatable bonds is 5. The van der Waals surface area contributed by atoms with Gasteiger partial charge in [0.15, 0.2) is 6.10 Å². The van der Waals surface area contributed by atoms with Gasteiger partial charge in [-0.1, -0.05) is 11.6 Å². The molecule has 1 aromatic carbocycles. The molecule has 1 heterocycles. The third-order valence-electron chi connectivity index (χ3n) is 3.82. The van der Waals surface area contributed by atoms with Crippen molar-refractivity contribution < 1.29 is 19.1 Å². The topological polar surface area (TPSA) is 75.7 Å². The van der Waals surface area contributed by atoms with Crippen LogP contribution in [0.3, 0.4) is 0 Å². The van der Waals surface area contributed by atoms with E-state index in [1.807, 2.05) is 0 Å². The minimum absolute atomic E-state index is 0.188. The smallest absolute Gasteiger partial charge is 0.326 e. The van der Waals surface area contributed by atoms with Crippen LogP contribution in [-0.4, -0.2) is 48.4 Å². The molecular weight excluding hydrogens is 332 g/mol. The number of ether oxygens (including phenoxy) is 1. The van der Waals surface area contributed by atoms with E-state index in [2.05, 4.69) is 5.32 Å². The molecule has 0 spiro atoms. The molecule has 2 rings (SSSR count). The van der Waals surface area contributed by atoms with E-state index in [-0.39, 0.29) is 12.5 Å². The molecule has 0 saturated carbocycles. The molecule has 1 atom stereocenters. The van der Waals surface area contributed by atoms with Gasteiger partial charge in [-0.25, -0.2) is 0 Å². The number of hydrogen-bond donors (Lipinski definition) is 1. The highest BCUT2D eigenvalue weighted by atomic mass is 35.5. The van der Waals surface area contributed by atoms with Crippen molar-refractivity contribution in [3.05, 3.63) is 34.9 Å². The van der Waals surface area contributed by atoms with Crippen LogP contribution in [0.4, 0.5) is 0 Å². The first kappa shape index (κ1) is 18.3. The van der Waals surface area contributed by atoms with Crippen molar-refractivity contribution in [2.75, 3.05) is 19.6 Å². The van der Waals surface area contributed by atoms with E-state index in [1.54, 1.807) is 36.1 Å². The number of benzene rings is 1. The van der Waals surface area contributed by atoms with Crippen LogP contribution in [0.25, 0.3) is 0 Å². The van der Waals surface area contributed by atoms with E-state index < -0.39 is 18.0 Å². The van der Waals surface area contributed by atoms with Crippen molar-refractivity contribution in [1.82, 2.24) is 10.2 Å². The summed E-state index contributed by atoms with van der Waals surface area (Å²) >= 11 is 5.75. The third-order valence-corrected chi connectivity index (χ3v) is 4.08. The normalized spacial score (nSPS) is 15.5. The molecule has 1 aliphatic rings. The van der Waals surface area contributed by atoms with Gasteiger partial charge in [-0.15, -0.1) is 0 Å². The molecule has 1 fully saturated rings. The Morgan fingerprint density at radius 2 is 1.79 bits per heavy atom. The maximum atomic E-state index is 12.2. The Hall–Kier alpha value is -2.08. The summed E-state index contributed by atoms with van der Waals surface area (Å²) in [5, 5.41) is 2.98. The Bertz CT molecular complexity index is 597. The highest BCUT2D eigenvalue weighted by molar-refractivity contribution is 6.30. The standard InChI is InChI=1S/C17H21ClN2O4/c1-12(17(23)20-9-3-2-4-10-20)24-15(21)11-19-16(22)13-5-7-14(18)8-6-13/h5-8,12H,2-4,9-11H2,1H3,(H,19,22)/t12-/m1/s1. The number of nitrogens with zero attached hydrogens (tertiary/aromatic N) is 1. The van der Waals surface area contributed by atoms with E-state index in [9.17, 15) is 14.4 Å². The summed E-state index contributed by atoms with van der Waals surface area (Å²) < 4.78 is 5.10. The summed E-state index contributed by atoms with van der Waals surface area (Å²) in [5.41, 5.74) is 0.393. The fourth-order valence-electron chi connectivity index (χ4n) is 2.52. The lowest BCUT2D eigenvalue weighted by molar-refractivity contribution is -0.158. The second-order valence-electron chi connectivity index (χ2n) is 5.71. The molecule has 1 saturated heterocycles. The summed E-state index contributed by atoms with van der Waals surface area (Å²) in [6.07, 6.45) is 2.23. The number of halogens is 1. The molecular formula is C17H21ClN2O4. The summed E-state index contributed by atoms with van der Waals surface area (Å²) in [6, 6.07) is 6.30. The molecule has 130 valence electrons. The van der Waals surface area contributed by atoms with Gasteiger partial charge in [0.05, 0.1) is 0 Å². The van der Waals surface area contributed by atoms with Crippen molar-refractivity contribution in [3.63, 3.8) is 0 Å². The van der Waals surface area contributed by atoms with Crippen LogP contribution in [0.2, 0.25) is 5.02 Å². The predicted molar refractivity (Wildman–Crippen MR) is 89.8 cm³/mol. The Kier molecular flexibility index (Phi) is 6.61. The zero-order chi connectivity index (χ0) is 17.5. The zero-order valence-electron chi connectivity index (χ0n) is 13.6.